The molecular formula is C27H26F2N2O3. The fourth-order valence-corrected chi connectivity index (χ4v) is 4.49. The van der Waals surface area contributed by atoms with E-state index in [2.05, 4.69) is 0 Å². The number of nitrogens with two attached hydrogens (primary N) is 1. The number of carbonyl (C=O) groups excluding carboxylic acids is 1. The van der Waals surface area contributed by atoms with Crippen molar-refractivity contribution in [1.29, 1.82) is 0 Å². The van der Waals surface area contributed by atoms with Crippen molar-refractivity contribution in [3.05, 3.63) is 101 Å². The minimum atomic E-state index is -0.713. The van der Waals surface area contributed by atoms with Crippen LogP contribution in [-0.2, 0) is 11.2 Å². The van der Waals surface area contributed by atoms with Crippen LogP contribution in [0.2, 0.25) is 0 Å². The van der Waals surface area contributed by atoms with Gasteiger partial charge in [0, 0.05) is 12.1 Å². The Hall–Kier alpha value is -3.71. The van der Waals surface area contributed by atoms with E-state index in [1.807, 2.05) is 47.4 Å². The Morgan fingerprint density at radius 3 is 2.44 bits per heavy atom. The van der Waals surface area contributed by atoms with Crippen LogP contribution in [-0.4, -0.2) is 31.6 Å². The van der Waals surface area contributed by atoms with Crippen LogP contribution in [0.15, 0.2) is 66.7 Å². The van der Waals surface area contributed by atoms with Crippen molar-refractivity contribution in [2.75, 3.05) is 20.8 Å². The van der Waals surface area contributed by atoms with E-state index < -0.39 is 29.6 Å². The molecule has 0 saturated heterocycles. The summed E-state index contributed by atoms with van der Waals surface area (Å²) in [7, 11) is 3.12. The zero-order valence-electron chi connectivity index (χ0n) is 19.0. The molecule has 3 aromatic rings. The lowest BCUT2D eigenvalue weighted by Gasteiger charge is -2.40. The van der Waals surface area contributed by atoms with Gasteiger partial charge in [0.05, 0.1) is 20.3 Å². The lowest BCUT2D eigenvalue weighted by atomic mass is 9.88. The Morgan fingerprint density at radius 1 is 1.06 bits per heavy atom. The van der Waals surface area contributed by atoms with E-state index in [0.717, 1.165) is 34.9 Å². The fourth-order valence-electron chi connectivity index (χ4n) is 4.49. The van der Waals surface area contributed by atoms with E-state index in [1.54, 1.807) is 20.3 Å². The molecule has 4 rings (SSSR count). The van der Waals surface area contributed by atoms with Gasteiger partial charge in [-0.3, -0.25) is 9.69 Å². The fraction of sp³-hybridized carbons (Fsp3) is 0.222. The molecule has 0 saturated carbocycles. The van der Waals surface area contributed by atoms with Gasteiger partial charge in [-0.15, -0.1) is 0 Å². The summed E-state index contributed by atoms with van der Waals surface area (Å²) in [5.41, 5.74) is 8.64. The number of rotatable bonds is 7. The molecule has 0 fully saturated rings. The largest absolute Gasteiger partial charge is 0.493 e. The number of benzene rings is 3. The molecule has 0 radical (unpaired) electrons. The van der Waals surface area contributed by atoms with Gasteiger partial charge in [-0.05, 0) is 53.4 Å². The predicted molar refractivity (Wildman–Crippen MR) is 126 cm³/mol. The summed E-state index contributed by atoms with van der Waals surface area (Å²) in [5.74, 6) is -0.433. The molecule has 0 aliphatic carbocycles. The lowest BCUT2D eigenvalue weighted by Crippen LogP contribution is -2.43. The highest BCUT2D eigenvalue weighted by atomic mass is 19.1. The maximum Gasteiger partial charge on any atom is 0.239 e. The molecule has 7 heteroatoms. The van der Waals surface area contributed by atoms with Crippen LogP contribution >= 0.6 is 0 Å². The summed E-state index contributed by atoms with van der Waals surface area (Å²) in [6.45, 7) is 0.519. The molecule has 5 nitrogen and oxygen atoms in total. The zero-order valence-corrected chi connectivity index (χ0v) is 19.0. The molecule has 1 heterocycles. The number of nitrogens with zero attached hydrogens (tertiary/aromatic N) is 1. The first-order valence-corrected chi connectivity index (χ1v) is 10.9. The highest BCUT2D eigenvalue weighted by molar-refractivity contribution is 5.81. The number of amides is 1. The predicted octanol–water partition coefficient (Wildman–Crippen LogP) is 4.82. The van der Waals surface area contributed by atoms with Crippen molar-refractivity contribution < 1.29 is 23.0 Å². The van der Waals surface area contributed by atoms with Crippen LogP contribution in [0.4, 0.5) is 8.78 Å². The zero-order chi connectivity index (χ0) is 24.2. The second-order valence-corrected chi connectivity index (χ2v) is 8.08. The molecular weight excluding hydrogens is 438 g/mol. The van der Waals surface area contributed by atoms with E-state index in [-0.39, 0.29) is 5.56 Å². The first-order valence-electron chi connectivity index (χ1n) is 10.9. The van der Waals surface area contributed by atoms with Gasteiger partial charge in [-0.25, -0.2) is 8.78 Å². The van der Waals surface area contributed by atoms with E-state index >= 15 is 0 Å². The number of hydrogen-bond donors (Lipinski definition) is 1. The highest BCUT2D eigenvalue weighted by Gasteiger charge is 2.35. The van der Waals surface area contributed by atoms with Gasteiger partial charge in [-0.2, -0.15) is 0 Å². The molecule has 2 N–H and O–H groups in total. The third kappa shape index (κ3) is 4.65. The van der Waals surface area contributed by atoms with E-state index in [4.69, 9.17) is 15.2 Å². The van der Waals surface area contributed by atoms with Crippen LogP contribution in [0.1, 0.15) is 34.3 Å². The number of hydrogen-bond acceptors (Lipinski definition) is 4. The second kappa shape index (κ2) is 10.1. The van der Waals surface area contributed by atoms with Gasteiger partial charge in [0.2, 0.25) is 5.91 Å². The Bertz CT molecular complexity index is 1210. The maximum absolute atomic E-state index is 14.3. The van der Waals surface area contributed by atoms with Crippen molar-refractivity contribution in [1.82, 2.24) is 4.90 Å². The van der Waals surface area contributed by atoms with Gasteiger partial charge in [0.25, 0.3) is 0 Å². The van der Waals surface area contributed by atoms with Crippen LogP contribution in [0.3, 0.4) is 0 Å². The first-order chi connectivity index (χ1) is 16.4. The molecule has 0 aromatic heterocycles. The Balaban J connectivity index is 1.85. The lowest BCUT2D eigenvalue weighted by molar-refractivity contribution is -0.124. The number of carbonyl (C=O) groups is 1. The van der Waals surface area contributed by atoms with Gasteiger partial charge in [0.15, 0.2) is 11.5 Å². The average Bonchev–Trinajstić information content (AvgIpc) is 2.84. The Morgan fingerprint density at radius 2 is 1.76 bits per heavy atom. The molecule has 0 bridgehead atoms. The van der Waals surface area contributed by atoms with Crippen molar-refractivity contribution in [2.45, 2.75) is 18.5 Å². The third-order valence-electron chi connectivity index (χ3n) is 6.09. The van der Waals surface area contributed by atoms with Crippen molar-refractivity contribution in [3.63, 3.8) is 0 Å². The third-order valence-corrected chi connectivity index (χ3v) is 6.09. The van der Waals surface area contributed by atoms with Gasteiger partial charge in [-0.1, -0.05) is 42.5 Å². The van der Waals surface area contributed by atoms with E-state index in [9.17, 15) is 13.6 Å². The van der Waals surface area contributed by atoms with Crippen LogP contribution < -0.4 is 15.2 Å². The van der Waals surface area contributed by atoms with Gasteiger partial charge in [0.1, 0.15) is 17.7 Å². The SMILES string of the molecule is COc1cc2c(cc1OC)C(C=Cc1cc(F)ccc1F)N(C(C(N)=O)c1ccccc1)CC2. The molecule has 34 heavy (non-hydrogen) atoms. The summed E-state index contributed by atoms with van der Waals surface area (Å²) in [5, 5.41) is 0. The smallest absolute Gasteiger partial charge is 0.239 e. The number of fused-ring (bicyclic) bond motifs is 1. The minimum Gasteiger partial charge on any atom is -0.493 e. The quantitative estimate of drug-likeness (QED) is 0.545. The molecule has 2 unspecified atom stereocenters. The minimum absolute atomic E-state index is 0.114. The molecule has 176 valence electrons. The van der Waals surface area contributed by atoms with Crippen molar-refractivity contribution in [3.8, 4) is 11.5 Å². The summed E-state index contributed by atoms with van der Waals surface area (Å²) in [4.78, 5) is 14.6. The molecule has 1 amide bonds. The highest BCUT2D eigenvalue weighted by Crippen LogP contribution is 2.42. The average molecular weight is 465 g/mol. The maximum atomic E-state index is 14.3. The van der Waals surface area contributed by atoms with E-state index in [1.165, 1.54) is 6.08 Å². The molecule has 1 aliphatic rings. The standard InChI is InChI=1S/C27H26F2N2O3/c1-33-24-15-18-12-13-31(26(27(30)32)17-6-4-3-5-7-17)23(21(18)16-25(24)34-2)11-8-19-14-20(28)9-10-22(19)29/h3-11,14-16,23,26H,12-13H2,1-2H3,(H2,30,32). The molecule has 1 aliphatic heterocycles. The summed E-state index contributed by atoms with van der Waals surface area (Å²) in [6, 6.07) is 15.2. The summed E-state index contributed by atoms with van der Waals surface area (Å²) >= 11 is 0. The number of methoxy groups -OCH3 is 2. The number of ether oxygens (including phenoxy) is 2. The second-order valence-electron chi connectivity index (χ2n) is 8.08. The molecule has 2 atom stereocenters. The van der Waals surface area contributed by atoms with Crippen molar-refractivity contribution in [2.24, 2.45) is 5.73 Å². The number of primary amides is 1. The summed E-state index contributed by atoms with van der Waals surface area (Å²) < 4.78 is 39.1. The van der Waals surface area contributed by atoms with Crippen LogP contribution in [0.5, 0.6) is 11.5 Å². The van der Waals surface area contributed by atoms with E-state index in [0.29, 0.717) is 24.5 Å². The molecule has 0 spiro atoms. The Kier molecular flexibility index (Phi) is 6.93. The number of halogens is 2. The van der Waals surface area contributed by atoms with Gasteiger partial charge < -0.3 is 15.2 Å². The van der Waals surface area contributed by atoms with Crippen LogP contribution in [0.25, 0.3) is 6.08 Å². The summed E-state index contributed by atoms with van der Waals surface area (Å²) in [6.07, 6.45) is 3.94. The van der Waals surface area contributed by atoms with Crippen molar-refractivity contribution >= 4 is 12.0 Å². The monoisotopic (exact) mass is 464 g/mol. The molecule has 3 aromatic carbocycles. The first kappa shape index (κ1) is 23.4. The topological polar surface area (TPSA) is 64.8 Å². The van der Waals surface area contributed by atoms with Crippen LogP contribution in [0, 0.1) is 11.6 Å². The Labute approximate surface area is 197 Å². The van der Waals surface area contributed by atoms with Gasteiger partial charge >= 0.3 is 0 Å². The normalized spacial score (nSPS) is 16.8.